The van der Waals surface area contributed by atoms with E-state index in [-0.39, 0.29) is 77.0 Å². The summed E-state index contributed by atoms with van der Waals surface area (Å²) in [5, 5.41) is -11.0. The van der Waals surface area contributed by atoms with E-state index in [0.29, 0.717) is 0 Å². The number of carbonyl (C=O) groups is 1. The minimum atomic E-state index is -6.23. The molecule has 0 aromatic heterocycles. The van der Waals surface area contributed by atoms with Crippen LogP contribution in [0.25, 0.3) is 0 Å². The second-order valence-electron chi connectivity index (χ2n) is 14.9. The Bertz CT molecular complexity index is 1260. The maximum atomic E-state index is 11.4. The topological polar surface area (TPSA) is 144 Å². The van der Waals surface area contributed by atoms with Crippen molar-refractivity contribution in [2.24, 2.45) is 0 Å². The Kier molecular flexibility index (Phi) is 50.4. The maximum absolute atomic E-state index is 11.4. The summed E-state index contributed by atoms with van der Waals surface area (Å²) in [5.41, 5.74) is 0. The van der Waals surface area contributed by atoms with Gasteiger partial charge < -0.3 is 45.9 Å². The van der Waals surface area contributed by atoms with Crippen molar-refractivity contribution in [2.75, 3.05) is 40.5 Å². The van der Waals surface area contributed by atoms with E-state index in [0.717, 1.165) is 13.3 Å². The van der Waals surface area contributed by atoms with Crippen LogP contribution in [0, 0.1) is 0 Å². The largest absolute Gasteiger partial charge is 1.00 e. The summed E-state index contributed by atoms with van der Waals surface area (Å²) < 4.78 is 145. The molecule has 2 heterocycles. The Balaban J connectivity index is -0.000000170. The van der Waals surface area contributed by atoms with E-state index in [1.807, 2.05) is 0 Å². The quantitative estimate of drug-likeness (QED) is 0.0490. The minimum absolute atomic E-state index is 0. The van der Waals surface area contributed by atoms with Crippen LogP contribution in [0.3, 0.4) is 0 Å². The predicted molar refractivity (Wildman–Crippen MR) is 225 cm³/mol. The molecule has 0 fully saturated rings. The molecular formula is C40H76ClF8KN4O7S2-2. The van der Waals surface area contributed by atoms with Gasteiger partial charge in [-0.3, -0.25) is 0 Å². The summed E-state index contributed by atoms with van der Waals surface area (Å²) in [6, 6.07) is 0. The zero-order chi connectivity index (χ0) is 46.8. The van der Waals surface area contributed by atoms with Gasteiger partial charge in [-0.1, -0.05) is 137 Å². The molecule has 63 heavy (non-hydrogen) atoms. The molecule has 0 atom stereocenters. The number of carbonyl (C=O) groups excluding carboxylic acids is 1. The molecule has 0 aliphatic carbocycles. The second-order valence-corrected chi connectivity index (χ2v) is 17.8. The smallest absolute Gasteiger partial charge is 1.00 e. The molecule has 0 aromatic carbocycles. The van der Waals surface area contributed by atoms with Crippen molar-refractivity contribution in [3.05, 3.63) is 24.8 Å². The summed E-state index contributed by atoms with van der Waals surface area (Å²) in [4.78, 5) is 18.7. The molecule has 23 heteroatoms. The summed E-state index contributed by atoms with van der Waals surface area (Å²) in [7, 11) is -8.20. The number of nitrogens with zero attached hydrogens (tertiary/aromatic N) is 4. The van der Waals surface area contributed by atoms with E-state index in [4.69, 9.17) is 0 Å². The van der Waals surface area contributed by atoms with Gasteiger partial charge in [-0.05, 0) is 26.7 Å². The van der Waals surface area contributed by atoms with Crippen molar-refractivity contribution in [3.8, 4) is 0 Å². The summed E-state index contributed by atoms with van der Waals surface area (Å²) >= 11 is 0. The summed E-state index contributed by atoms with van der Waals surface area (Å²) in [6.07, 6.45) is 28.3. The monoisotopic (exact) mass is 1010 g/mol. The van der Waals surface area contributed by atoms with Gasteiger partial charge in [0, 0.05) is 52.0 Å². The first-order valence-electron chi connectivity index (χ1n) is 20.7. The molecule has 0 spiro atoms. The molecule has 2 aliphatic rings. The Morgan fingerprint density at radius 1 is 0.540 bits per heavy atom. The molecule has 376 valence electrons. The average Bonchev–Trinajstić information content (AvgIpc) is 3.76. The Morgan fingerprint density at radius 3 is 0.889 bits per heavy atom. The van der Waals surface area contributed by atoms with Crippen molar-refractivity contribution in [1.82, 2.24) is 19.6 Å². The van der Waals surface area contributed by atoms with Gasteiger partial charge in [0.1, 0.15) is 5.78 Å². The molecular weight excluding hydrogens is 939 g/mol. The number of rotatable bonds is 26. The fourth-order valence-corrected chi connectivity index (χ4v) is 5.73. The third-order valence-electron chi connectivity index (χ3n) is 8.65. The van der Waals surface area contributed by atoms with Crippen LogP contribution in [-0.2, 0) is 25.0 Å². The van der Waals surface area contributed by atoms with Gasteiger partial charge in [0.15, 0.2) is 20.2 Å². The van der Waals surface area contributed by atoms with E-state index in [9.17, 15) is 65.9 Å². The molecule has 0 N–H and O–H groups in total. The number of hydrogen-bond acceptors (Lipinski definition) is 11. The molecule has 0 amide bonds. The zero-order valence-corrected chi connectivity index (χ0v) is 43.3. The number of halogens is 9. The van der Waals surface area contributed by atoms with E-state index >= 15 is 0 Å². The van der Waals surface area contributed by atoms with Crippen molar-refractivity contribution in [1.29, 1.82) is 0 Å². The van der Waals surface area contributed by atoms with E-state index in [2.05, 4.69) is 72.3 Å². The summed E-state index contributed by atoms with van der Waals surface area (Å²) in [5.74, 6) is 0.167. The van der Waals surface area contributed by atoms with E-state index < -0.39 is 43.6 Å². The second kappa shape index (κ2) is 42.9. The Hall–Kier alpha value is -0.464. The number of Topliss-reactive ketones (excluding diaryl/α,β-unsaturated/α-hetero) is 1. The van der Waals surface area contributed by atoms with Gasteiger partial charge >= 0.3 is 74.7 Å². The van der Waals surface area contributed by atoms with Gasteiger partial charge in [-0.25, -0.2) is 34.4 Å². The van der Waals surface area contributed by atoms with Crippen molar-refractivity contribution in [3.63, 3.8) is 0 Å². The van der Waals surface area contributed by atoms with E-state index in [1.165, 1.54) is 155 Å². The van der Waals surface area contributed by atoms with Gasteiger partial charge in [0.05, 0.1) is 13.3 Å². The number of hydrogen-bond donors (Lipinski definition) is 0. The third-order valence-corrected chi connectivity index (χ3v) is 10.3. The van der Waals surface area contributed by atoms with Crippen LogP contribution in [0.2, 0.25) is 0 Å². The van der Waals surface area contributed by atoms with Crippen LogP contribution >= 0.6 is 0 Å². The first-order valence-corrected chi connectivity index (χ1v) is 23.5. The first kappa shape index (κ1) is 74.1. The Labute approximate surface area is 423 Å². The molecule has 0 bridgehead atoms. The molecule has 2 aliphatic heterocycles. The molecule has 0 aromatic rings. The minimum Gasteiger partial charge on any atom is -1.00 e. The Morgan fingerprint density at radius 2 is 0.746 bits per heavy atom. The normalized spacial score (nSPS) is 13.4. The fourth-order valence-electron chi connectivity index (χ4n) is 5.29. The van der Waals surface area contributed by atoms with Gasteiger partial charge in [0.2, 0.25) is 0 Å². The van der Waals surface area contributed by atoms with Crippen LogP contribution in [-0.4, -0.2) is 115 Å². The van der Waals surface area contributed by atoms with Crippen molar-refractivity contribution in [2.45, 2.75) is 187 Å². The maximum Gasteiger partial charge on any atom is 1.00 e. The van der Waals surface area contributed by atoms with Gasteiger partial charge in [-0.15, -0.1) is 0 Å². The number of ketones is 1. The van der Waals surface area contributed by atoms with Crippen LogP contribution in [0.4, 0.5) is 35.1 Å². The number of unbranched alkanes of at least 4 members (excludes halogenated alkanes) is 18. The molecule has 0 radical (unpaired) electrons. The van der Waals surface area contributed by atoms with Crippen LogP contribution in [0.5, 0.6) is 0 Å². The zero-order valence-electron chi connectivity index (χ0n) is 37.8. The SMILES string of the molecule is C.CC(C)=O.CCCCCCCCCCCCN1C=CN(C)C1.CCCCCCCCCCCCN1C=CN(C)C1.O=S(=O)([O-])C(F)(F)C(F)F.O=S(=O)([O-])C(F)(F)C(F)F.[Cl-].[K+]. The molecule has 0 saturated heterocycles. The predicted octanol–water partition coefficient (Wildman–Crippen LogP) is 5.19. The standard InChI is InChI=1S/2C16H32N2.C3H6O.2C2H2F4O3S.CH4.ClH.K/c2*1-3-4-5-6-7-8-9-10-11-12-13-18-15-14-17(2)16-18;1-3(2)4;2*3-1(4)2(5,6)10(7,8)9;;;/h2*14-15H,3-13,16H2,1-2H3;1-2H3;2*1H,(H,7,8,9);1H4;1H;/q;;;;;;;+1/p-3. The van der Waals surface area contributed by atoms with Crippen LogP contribution in [0.1, 0.15) is 164 Å². The first-order chi connectivity index (χ1) is 27.8. The van der Waals surface area contributed by atoms with Gasteiger partial charge in [0.25, 0.3) is 0 Å². The molecule has 0 unspecified atom stereocenters. The van der Waals surface area contributed by atoms with Crippen LogP contribution in [0.15, 0.2) is 24.8 Å². The van der Waals surface area contributed by atoms with E-state index in [1.54, 1.807) is 0 Å². The van der Waals surface area contributed by atoms with Gasteiger partial charge in [-0.2, -0.15) is 17.6 Å². The molecule has 2 rings (SSSR count). The molecule has 11 nitrogen and oxygen atoms in total. The summed E-state index contributed by atoms with van der Waals surface area (Å²) in [6.45, 7) is 12.3. The molecule has 0 saturated carbocycles. The van der Waals surface area contributed by atoms with Crippen LogP contribution < -0.4 is 63.8 Å². The fraction of sp³-hybridized carbons (Fsp3) is 0.875. The average molecular weight is 1020 g/mol. The third kappa shape index (κ3) is 42.6. The number of alkyl halides is 8. The van der Waals surface area contributed by atoms with Crippen molar-refractivity contribution < 1.29 is 130 Å². The van der Waals surface area contributed by atoms with Crippen molar-refractivity contribution >= 4 is 26.0 Å².